The second-order valence-corrected chi connectivity index (χ2v) is 5.91. The predicted molar refractivity (Wildman–Crippen MR) is 99.5 cm³/mol. The Morgan fingerprint density at radius 1 is 1.36 bits per heavy atom. The van der Waals surface area contributed by atoms with Gasteiger partial charge in [0.25, 0.3) is 0 Å². The standard InChI is InChI=1S/C17H32N6O2/c1-6-15-14(13-23(5)21-15)11-19-17(18-9-8-10-25-7-2)20-12-16(24)22(3)4/h13H,6-12H2,1-5H3,(H2,18,19,20). The van der Waals surface area contributed by atoms with E-state index >= 15 is 0 Å². The maximum atomic E-state index is 11.8. The summed E-state index contributed by atoms with van der Waals surface area (Å²) >= 11 is 0. The van der Waals surface area contributed by atoms with Crippen LogP contribution in [0.15, 0.2) is 11.2 Å². The number of nitrogens with zero attached hydrogens (tertiary/aromatic N) is 4. The summed E-state index contributed by atoms with van der Waals surface area (Å²) < 4.78 is 7.14. The molecule has 1 aromatic rings. The van der Waals surface area contributed by atoms with Crippen molar-refractivity contribution < 1.29 is 9.53 Å². The molecule has 2 N–H and O–H groups in total. The highest BCUT2D eigenvalue weighted by atomic mass is 16.5. The van der Waals surface area contributed by atoms with Crippen LogP contribution in [-0.4, -0.2) is 66.9 Å². The summed E-state index contributed by atoms with van der Waals surface area (Å²) in [6, 6.07) is 0. The van der Waals surface area contributed by atoms with Gasteiger partial charge < -0.3 is 20.3 Å². The molecule has 0 unspecified atom stereocenters. The normalized spacial score (nSPS) is 11.5. The fourth-order valence-corrected chi connectivity index (χ4v) is 2.19. The third-order valence-electron chi connectivity index (χ3n) is 3.60. The predicted octanol–water partition coefficient (Wildman–Crippen LogP) is 0.533. The highest BCUT2D eigenvalue weighted by Gasteiger charge is 2.08. The monoisotopic (exact) mass is 352 g/mol. The van der Waals surface area contributed by atoms with E-state index in [0.29, 0.717) is 19.1 Å². The van der Waals surface area contributed by atoms with Gasteiger partial charge in [-0.15, -0.1) is 0 Å². The van der Waals surface area contributed by atoms with Crippen molar-refractivity contribution in [1.29, 1.82) is 0 Å². The molecular weight excluding hydrogens is 320 g/mol. The van der Waals surface area contributed by atoms with E-state index in [1.165, 1.54) is 0 Å². The first kappa shape index (κ1) is 21.0. The molecule has 0 aliphatic carbocycles. The van der Waals surface area contributed by atoms with Crippen molar-refractivity contribution in [3.8, 4) is 0 Å². The number of nitrogens with one attached hydrogen (secondary N) is 2. The smallest absolute Gasteiger partial charge is 0.241 e. The molecule has 0 radical (unpaired) electrons. The molecule has 8 heteroatoms. The lowest BCUT2D eigenvalue weighted by molar-refractivity contribution is -0.127. The van der Waals surface area contributed by atoms with E-state index in [9.17, 15) is 4.79 Å². The van der Waals surface area contributed by atoms with E-state index in [4.69, 9.17) is 4.74 Å². The van der Waals surface area contributed by atoms with Crippen LogP contribution in [0.25, 0.3) is 0 Å². The van der Waals surface area contributed by atoms with E-state index in [1.54, 1.807) is 19.0 Å². The molecule has 0 saturated heterocycles. The summed E-state index contributed by atoms with van der Waals surface area (Å²) in [6.45, 7) is 6.94. The first-order valence-electron chi connectivity index (χ1n) is 8.79. The average Bonchev–Trinajstić information content (AvgIpc) is 2.95. The van der Waals surface area contributed by atoms with Crippen LogP contribution in [0.2, 0.25) is 0 Å². The summed E-state index contributed by atoms with van der Waals surface area (Å²) in [5.41, 5.74) is 2.14. The molecule has 142 valence electrons. The number of carbonyl (C=O) groups is 1. The molecule has 1 rings (SSSR count). The highest BCUT2D eigenvalue weighted by Crippen LogP contribution is 2.08. The van der Waals surface area contributed by atoms with Crippen molar-refractivity contribution in [2.24, 2.45) is 12.0 Å². The number of likely N-dealkylation sites (N-methyl/N-ethyl adjacent to an activating group) is 1. The van der Waals surface area contributed by atoms with Gasteiger partial charge in [0.2, 0.25) is 5.91 Å². The van der Waals surface area contributed by atoms with E-state index in [2.05, 4.69) is 27.6 Å². The van der Waals surface area contributed by atoms with Crippen LogP contribution in [-0.2, 0) is 29.5 Å². The second-order valence-electron chi connectivity index (χ2n) is 5.91. The highest BCUT2D eigenvalue weighted by molar-refractivity contribution is 5.86. The van der Waals surface area contributed by atoms with Gasteiger partial charge in [-0.05, 0) is 19.8 Å². The van der Waals surface area contributed by atoms with E-state index in [1.807, 2.05) is 24.9 Å². The quantitative estimate of drug-likeness (QED) is 0.365. The number of guanidine groups is 1. The molecule has 8 nitrogen and oxygen atoms in total. The maximum Gasteiger partial charge on any atom is 0.241 e. The lowest BCUT2D eigenvalue weighted by atomic mass is 10.2. The van der Waals surface area contributed by atoms with Crippen LogP contribution >= 0.6 is 0 Å². The van der Waals surface area contributed by atoms with E-state index in [0.717, 1.165) is 37.3 Å². The number of hydrogen-bond donors (Lipinski definition) is 2. The number of carbonyl (C=O) groups excluding carboxylic acids is 1. The van der Waals surface area contributed by atoms with Crippen molar-refractivity contribution >= 4 is 11.9 Å². The third-order valence-corrected chi connectivity index (χ3v) is 3.60. The number of aliphatic imine (C=N–C) groups is 1. The molecule has 0 atom stereocenters. The molecule has 0 bridgehead atoms. The van der Waals surface area contributed by atoms with Crippen LogP contribution in [0.3, 0.4) is 0 Å². The number of hydrogen-bond acceptors (Lipinski definition) is 4. The van der Waals surface area contributed by atoms with E-state index < -0.39 is 0 Å². The minimum atomic E-state index is -0.000517. The van der Waals surface area contributed by atoms with Gasteiger partial charge in [0, 0.05) is 52.7 Å². The molecule has 1 heterocycles. The molecule has 0 spiro atoms. The summed E-state index contributed by atoms with van der Waals surface area (Å²) in [6.07, 6.45) is 3.73. The minimum absolute atomic E-state index is 0.000517. The molecule has 0 aromatic carbocycles. The van der Waals surface area contributed by atoms with E-state index in [-0.39, 0.29) is 12.5 Å². The van der Waals surface area contributed by atoms with Crippen LogP contribution in [0.1, 0.15) is 31.5 Å². The molecule has 25 heavy (non-hydrogen) atoms. The molecule has 1 amide bonds. The lowest BCUT2D eigenvalue weighted by Gasteiger charge is -2.15. The van der Waals surface area contributed by atoms with Gasteiger partial charge >= 0.3 is 0 Å². The third kappa shape index (κ3) is 8.02. The Hall–Kier alpha value is -2.09. The Morgan fingerprint density at radius 2 is 2.12 bits per heavy atom. The summed E-state index contributed by atoms with van der Waals surface area (Å²) in [4.78, 5) is 17.9. The Bertz CT molecular complexity index is 553. The zero-order chi connectivity index (χ0) is 18.7. The van der Waals surface area contributed by atoms with Crippen LogP contribution in [0.4, 0.5) is 0 Å². The largest absolute Gasteiger partial charge is 0.382 e. The van der Waals surface area contributed by atoms with Gasteiger partial charge in [0.1, 0.15) is 0 Å². The molecule has 1 aromatic heterocycles. The van der Waals surface area contributed by atoms with Crippen LogP contribution in [0, 0.1) is 0 Å². The van der Waals surface area contributed by atoms with Crippen molar-refractivity contribution in [3.63, 3.8) is 0 Å². The van der Waals surface area contributed by atoms with Crippen LogP contribution in [0.5, 0.6) is 0 Å². The number of ether oxygens (including phenoxy) is 1. The second kappa shape index (κ2) is 11.5. The Morgan fingerprint density at radius 3 is 2.76 bits per heavy atom. The first-order valence-corrected chi connectivity index (χ1v) is 8.79. The number of rotatable bonds is 10. The minimum Gasteiger partial charge on any atom is -0.382 e. The van der Waals surface area contributed by atoms with Gasteiger partial charge in [-0.25, -0.2) is 4.99 Å². The van der Waals surface area contributed by atoms with Gasteiger partial charge in [-0.2, -0.15) is 5.10 Å². The average molecular weight is 352 g/mol. The van der Waals surface area contributed by atoms with Crippen molar-refractivity contribution in [1.82, 2.24) is 25.3 Å². The van der Waals surface area contributed by atoms with Gasteiger partial charge in [-0.1, -0.05) is 6.92 Å². The fourth-order valence-electron chi connectivity index (χ4n) is 2.19. The SMILES string of the molecule is CCOCCCNC(=NCc1cn(C)nc1CC)NCC(=O)N(C)C. The number of amides is 1. The lowest BCUT2D eigenvalue weighted by Crippen LogP contribution is -2.43. The first-order chi connectivity index (χ1) is 12.0. The summed E-state index contributed by atoms with van der Waals surface area (Å²) in [7, 11) is 5.38. The molecular formula is C17H32N6O2. The van der Waals surface area contributed by atoms with Crippen LogP contribution < -0.4 is 10.6 Å². The molecule has 0 fully saturated rings. The van der Waals surface area contributed by atoms with Crippen molar-refractivity contribution in [3.05, 3.63) is 17.5 Å². The zero-order valence-electron chi connectivity index (χ0n) is 16.1. The summed E-state index contributed by atoms with van der Waals surface area (Å²) in [5, 5.41) is 10.8. The Kier molecular flexibility index (Phi) is 9.61. The number of aryl methyl sites for hydroxylation is 2. The topological polar surface area (TPSA) is 83.8 Å². The van der Waals surface area contributed by atoms with Gasteiger partial charge in [-0.3, -0.25) is 9.48 Å². The molecule has 0 aliphatic rings. The Balaban J connectivity index is 2.65. The summed E-state index contributed by atoms with van der Waals surface area (Å²) in [5.74, 6) is 0.622. The molecule has 0 saturated carbocycles. The molecule has 0 aliphatic heterocycles. The Labute approximate surface area is 150 Å². The zero-order valence-corrected chi connectivity index (χ0v) is 16.1. The fraction of sp³-hybridized carbons (Fsp3) is 0.706. The van der Waals surface area contributed by atoms with Gasteiger partial charge in [0.05, 0.1) is 18.8 Å². The van der Waals surface area contributed by atoms with Gasteiger partial charge in [0.15, 0.2) is 5.96 Å². The van der Waals surface area contributed by atoms with Crippen molar-refractivity contribution in [2.45, 2.75) is 33.2 Å². The maximum absolute atomic E-state index is 11.8. The van der Waals surface area contributed by atoms with Crippen molar-refractivity contribution in [2.75, 3.05) is 40.4 Å². The number of aromatic nitrogens is 2.